The summed E-state index contributed by atoms with van der Waals surface area (Å²) in [6, 6.07) is 0.516. The molecule has 0 spiro atoms. The Labute approximate surface area is 91.7 Å². The second kappa shape index (κ2) is 2.68. The molecular weight excluding hydrogens is 299 g/mol. The normalized spacial score (nSPS) is 42.5. The topological polar surface area (TPSA) is 32.3 Å². The highest BCUT2D eigenvalue weighted by atomic mass is 127. The Kier molecular flexibility index (Phi) is 2.13. The number of hydrogen-bond donors (Lipinski definition) is 1. The number of likely N-dealkylation sites (tertiary alicyclic amines) is 1. The van der Waals surface area contributed by atoms with E-state index in [1.54, 1.807) is 0 Å². The van der Waals surface area contributed by atoms with Gasteiger partial charge in [-0.15, -0.1) is 0 Å². The van der Waals surface area contributed by atoms with Gasteiger partial charge in [0.1, 0.15) is 0 Å². The quantitative estimate of drug-likeness (QED) is 0.594. The van der Waals surface area contributed by atoms with Crippen LogP contribution in [-0.2, 0) is 6.42 Å². The Morgan fingerprint density at radius 1 is 1.38 bits per heavy atom. The Hall–Kier alpha value is 0.800. The van der Waals surface area contributed by atoms with Gasteiger partial charge in [0.15, 0.2) is 0 Å². The van der Waals surface area contributed by atoms with Crippen LogP contribution in [0.2, 0.25) is 0 Å². The van der Waals surface area contributed by atoms with Crippen molar-refractivity contribution in [2.24, 2.45) is 11.8 Å². The second-order valence-electron chi connectivity index (χ2n) is 4.87. The first-order chi connectivity index (χ1) is 5.72. The zero-order valence-electron chi connectivity index (χ0n) is 8.29. The van der Waals surface area contributed by atoms with Crippen LogP contribution in [0.3, 0.4) is 0 Å². The van der Waals surface area contributed by atoms with E-state index in [0.717, 1.165) is 11.8 Å². The standard InChI is InChI=1S/C8H17IN2OS/c1-11-4-6-7(5-11)8(6)10-13(2,3,9)12/h6-8H,4-5H2,1-3H3,(H,10,12). The highest BCUT2D eigenvalue weighted by Gasteiger charge is 2.56. The molecule has 2 fully saturated rings. The van der Waals surface area contributed by atoms with E-state index >= 15 is 0 Å². The fourth-order valence-electron chi connectivity index (χ4n) is 2.29. The first-order valence-corrected chi connectivity index (χ1v) is 9.85. The van der Waals surface area contributed by atoms with E-state index in [2.05, 4.69) is 37.9 Å². The average molecular weight is 316 g/mol. The van der Waals surface area contributed by atoms with Crippen LogP contribution in [0.25, 0.3) is 0 Å². The molecule has 1 heterocycles. The number of nitrogens with one attached hydrogen (secondary N) is 1. The third kappa shape index (κ3) is 2.43. The number of rotatable bonds is 2. The van der Waals surface area contributed by atoms with Gasteiger partial charge in [0.05, 0.1) is 0 Å². The summed E-state index contributed by atoms with van der Waals surface area (Å²) in [6.45, 7) is 2.34. The van der Waals surface area contributed by atoms with Gasteiger partial charge in [0, 0.05) is 52.8 Å². The van der Waals surface area contributed by atoms with Crippen molar-refractivity contribution in [2.75, 3.05) is 32.6 Å². The van der Waals surface area contributed by atoms with Crippen molar-refractivity contribution in [2.45, 2.75) is 6.04 Å². The Morgan fingerprint density at radius 3 is 2.23 bits per heavy atom. The molecule has 2 aliphatic rings. The molecule has 13 heavy (non-hydrogen) atoms. The number of hydrogen-bond acceptors (Lipinski definition) is 2. The van der Waals surface area contributed by atoms with Crippen molar-refractivity contribution in [1.29, 1.82) is 0 Å². The monoisotopic (exact) mass is 316 g/mol. The van der Waals surface area contributed by atoms with E-state index in [1.165, 1.54) is 13.1 Å². The van der Waals surface area contributed by atoms with Crippen LogP contribution in [-0.4, -0.2) is 47.8 Å². The summed E-state index contributed by atoms with van der Waals surface area (Å²) in [5.41, 5.74) is 0. The zero-order chi connectivity index (χ0) is 9.88. The lowest BCUT2D eigenvalue weighted by Crippen LogP contribution is -2.43. The van der Waals surface area contributed by atoms with E-state index in [9.17, 15) is 4.21 Å². The fourth-order valence-corrected chi connectivity index (χ4v) is 4.28. The predicted molar refractivity (Wildman–Crippen MR) is 65.4 cm³/mol. The third-order valence-corrected chi connectivity index (χ3v) is 4.53. The molecule has 2 unspecified atom stereocenters. The molecule has 1 N–H and O–H groups in total. The molecule has 5 heteroatoms. The van der Waals surface area contributed by atoms with Gasteiger partial charge in [-0.05, 0) is 25.3 Å². The van der Waals surface area contributed by atoms with Crippen LogP contribution in [0.15, 0.2) is 0 Å². The summed E-state index contributed by atoms with van der Waals surface area (Å²) in [4.78, 5) is 2.35. The van der Waals surface area contributed by atoms with E-state index in [4.69, 9.17) is 0 Å². The number of halogens is 1. The van der Waals surface area contributed by atoms with Crippen molar-refractivity contribution in [3.8, 4) is 0 Å². The van der Waals surface area contributed by atoms with Gasteiger partial charge in [0.25, 0.3) is 0 Å². The molecule has 3 nitrogen and oxygen atoms in total. The van der Waals surface area contributed by atoms with E-state index in [1.807, 2.05) is 12.5 Å². The maximum atomic E-state index is 12.0. The van der Waals surface area contributed by atoms with Crippen molar-refractivity contribution in [3.05, 3.63) is 0 Å². The van der Waals surface area contributed by atoms with Gasteiger partial charge in [-0.2, -0.15) is 0 Å². The molecule has 0 aromatic carbocycles. The molecule has 1 aliphatic carbocycles. The minimum Gasteiger partial charge on any atom is -0.306 e. The summed E-state index contributed by atoms with van der Waals surface area (Å²) in [5.74, 6) is 1.51. The summed E-state index contributed by atoms with van der Waals surface area (Å²) in [6.07, 6.45) is 1.11. The maximum Gasteiger partial charge on any atom is 0.0273 e. The molecule has 0 aromatic heterocycles. The van der Waals surface area contributed by atoms with Gasteiger partial charge in [-0.25, -0.2) is 4.72 Å². The van der Waals surface area contributed by atoms with Gasteiger partial charge in [0.2, 0.25) is 0 Å². The van der Waals surface area contributed by atoms with E-state index in [-0.39, 0.29) is 0 Å². The molecule has 0 radical (unpaired) electrons. The van der Waals surface area contributed by atoms with Gasteiger partial charge >= 0.3 is 0 Å². The van der Waals surface area contributed by atoms with Gasteiger partial charge in [-0.1, -0.05) is 0 Å². The molecular formula is C8H17IN2OS. The lowest BCUT2D eigenvalue weighted by molar-refractivity contribution is 0.358. The second-order valence-corrected chi connectivity index (χ2v) is 16.2. The largest absolute Gasteiger partial charge is 0.306 e. The molecule has 1 saturated heterocycles. The van der Waals surface area contributed by atoms with Crippen LogP contribution < -0.4 is 4.72 Å². The SMILES string of the molecule is CN1CC2C(C1)C2NS(C)(C)(=O)I. The first-order valence-electron chi connectivity index (χ1n) is 4.53. The summed E-state index contributed by atoms with van der Waals surface area (Å²) < 4.78 is 15.3. The molecule has 78 valence electrons. The van der Waals surface area contributed by atoms with Crippen molar-refractivity contribution < 1.29 is 4.21 Å². The Balaban J connectivity index is 1.93. The van der Waals surface area contributed by atoms with Gasteiger partial charge in [-0.3, -0.25) is 4.21 Å². The summed E-state index contributed by atoms with van der Waals surface area (Å²) in [7, 11) is 2.15. The van der Waals surface area contributed by atoms with Crippen LogP contribution in [0.5, 0.6) is 0 Å². The Morgan fingerprint density at radius 2 is 1.85 bits per heavy atom. The maximum absolute atomic E-state index is 12.0. The average Bonchev–Trinajstić information content (AvgIpc) is 2.41. The fraction of sp³-hybridized carbons (Fsp3) is 1.00. The molecule has 2 rings (SSSR count). The van der Waals surface area contributed by atoms with Gasteiger partial charge < -0.3 is 4.90 Å². The van der Waals surface area contributed by atoms with Crippen molar-refractivity contribution in [3.63, 3.8) is 0 Å². The van der Waals surface area contributed by atoms with E-state index in [0.29, 0.717) is 6.04 Å². The molecule has 0 bridgehead atoms. The highest BCUT2D eigenvalue weighted by molar-refractivity contribution is 14.2. The van der Waals surface area contributed by atoms with Crippen LogP contribution in [0.4, 0.5) is 0 Å². The number of nitrogens with zero attached hydrogens (tertiary/aromatic N) is 1. The Bertz CT molecular complexity index is 277. The minimum absolute atomic E-state index is 0.516. The highest BCUT2D eigenvalue weighted by Crippen LogP contribution is 2.47. The van der Waals surface area contributed by atoms with Crippen molar-refractivity contribution >= 4 is 27.6 Å². The van der Waals surface area contributed by atoms with Crippen molar-refractivity contribution in [1.82, 2.24) is 9.62 Å². The minimum atomic E-state index is -2.52. The number of fused-ring (bicyclic) bond motifs is 1. The third-order valence-electron chi connectivity index (χ3n) is 2.84. The molecule has 0 amide bonds. The van der Waals surface area contributed by atoms with E-state index < -0.39 is 6.42 Å². The first kappa shape index (κ1) is 10.3. The smallest absolute Gasteiger partial charge is 0.0273 e. The summed E-state index contributed by atoms with van der Waals surface area (Å²) >= 11 is 2.06. The molecule has 2 atom stereocenters. The summed E-state index contributed by atoms with van der Waals surface area (Å²) in [5, 5.41) is 0. The van der Waals surface area contributed by atoms with Crippen LogP contribution >= 0.6 is 21.2 Å². The van der Waals surface area contributed by atoms with Crippen LogP contribution in [0.1, 0.15) is 0 Å². The molecule has 1 aliphatic heterocycles. The lowest BCUT2D eigenvalue weighted by atomic mass is 10.4. The predicted octanol–water partition coefficient (Wildman–Crippen LogP) is 0.481. The zero-order valence-corrected chi connectivity index (χ0v) is 11.3. The molecule has 0 aromatic rings. The number of piperidine rings is 1. The molecule has 1 saturated carbocycles. The lowest BCUT2D eigenvalue weighted by Gasteiger charge is -2.29. The van der Waals surface area contributed by atoms with Crippen LogP contribution in [0, 0.1) is 11.8 Å².